The molecule has 3 aromatic rings. The van der Waals surface area contributed by atoms with Gasteiger partial charge in [-0.25, -0.2) is 4.39 Å². The largest absolute Gasteiger partial charge is 0.573 e. The number of carbonyl (C=O) groups excluding carboxylic acids is 2. The minimum absolute atomic E-state index is 0.103. The lowest BCUT2D eigenvalue weighted by molar-refractivity contribution is -0.274. The van der Waals surface area contributed by atoms with Crippen LogP contribution in [0.5, 0.6) is 23.0 Å². The van der Waals surface area contributed by atoms with Gasteiger partial charge in [0.25, 0.3) is 11.8 Å². The monoisotopic (exact) mass is 479 g/mol. The number of methoxy groups -OCH3 is 1. The summed E-state index contributed by atoms with van der Waals surface area (Å²) in [7, 11) is 1.18. The Morgan fingerprint density at radius 2 is 1.74 bits per heavy atom. The Morgan fingerprint density at radius 1 is 1.03 bits per heavy atom. The highest BCUT2D eigenvalue weighted by Gasteiger charge is 2.31. The van der Waals surface area contributed by atoms with Gasteiger partial charge in [-0.1, -0.05) is 6.07 Å². The number of halogens is 4. The molecule has 178 valence electrons. The first-order valence-corrected chi connectivity index (χ1v) is 9.46. The lowest BCUT2D eigenvalue weighted by Gasteiger charge is -2.16. The first-order chi connectivity index (χ1) is 16.0. The minimum Gasteiger partial charge on any atom is -0.493 e. The average molecular weight is 479 g/mol. The number of aryl methyl sites for hydroxylation is 1. The molecule has 8 nitrogen and oxygen atoms in total. The summed E-state index contributed by atoms with van der Waals surface area (Å²) in [6, 6.07) is 8.24. The van der Waals surface area contributed by atoms with Crippen LogP contribution in [0.4, 0.5) is 23.2 Å². The fraction of sp³-hybridized carbons (Fsp3) is 0.136. The Balaban J connectivity index is 1.95. The molecule has 1 heterocycles. The number of rotatable bonds is 7. The molecule has 2 aromatic carbocycles. The van der Waals surface area contributed by atoms with E-state index < -0.39 is 35.3 Å². The molecule has 0 atom stereocenters. The molecule has 0 aliphatic rings. The van der Waals surface area contributed by atoms with E-state index >= 15 is 0 Å². The standard InChI is InChI=1S/C22H17F4N3O5/c1-11-3-5-16(33-15-6-4-13(10-17(15)32-2)34-22(24,25)26)18(19(11)23)21(31)29-12-7-8-28-14(9-12)20(27)30/h3-10H,1-2H3,(H2,27,30)(H,28,29,31). The number of aromatic nitrogens is 1. The molecule has 3 rings (SSSR count). The molecule has 0 spiro atoms. The van der Waals surface area contributed by atoms with Gasteiger partial charge in [-0.2, -0.15) is 0 Å². The second-order valence-electron chi connectivity index (χ2n) is 6.78. The summed E-state index contributed by atoms with van der Waals surface area (Å²) in [6.45, 7) is 1.43. The van der Waals surface area contributed by atoms with Crippen molar-refractivity contribution < 1.29 is 41.4 Å². The maximum absolute atomic E-state index is 15.0. The maximum Gasteiger partial charge on any atom is 0.573 e. The number of pyridine rings is 1. The molecule has 0 radical (unpaired) electrons. The van der Waals surface area contributed by atoms with Crippen LogP contribution in [0.25, 0.3) is 0 Å². The smallest absolute Gasteiger partial charge is 0.493 e. The van der Waals surface area contributed by atoms with E-state index in [-0.39, 0.29) is 34.2 Å². The number of alkyl halides is 3. The molecule has 3 N–H and O–H groups in total. The molecule has 0 saturated heterocycles. The van der Waals surface area contributed by atoms with Gasteiger partial charge in [-0.3, -0.25) is 14.6 Å². The van der Waals surface area contributed by atoms with E-state index in [1.54, 1.807) is 0 Å². The van der Waals surface area contributed by atoms with Gasteiger partial charge in [-0.15, -0.1) is 13.2 Å². The molecule has 0 saturated carbocycles. The molecule has 0 aliphatic heterocycles. The van der Waals surface area contributed by atoms with E-state index in [4.69, 9.17) is 15.2 Å². The fourth-order valence-corrected chi connectivity index (χ4v) is 2.84. The normalized spacial score (nSPS) is 11.0. The first kappa shape index (κ1) is 24.3. The second kappa shape index (κ2) is 9.65. The van der Waals surface area contributed by atoms with E-state index in [0.29, 0.717) is 0 Å². The number of anilines is 1. The number of benzene rings is 2. The number of carbonyl (C=O) groups is 2. The van der Waals surface area contributed by atoms with Crippen LogP contribution in [0.15, 0.2) is 48.7 Å². The number of hydrogen-bond acceptors (Lipinski definition) is 6. The molecular weight excluding hydrogens is 462 g/mol. The lowest BCUT2D eigenvalue weighted by Crippen LogP contribution is -2.18. The van der Waals surface area contributed by atoms with Crippen LogP contribution in [0.3, 0.4) is 0 Å². The zero-order valence-electron chi connectivity index (χ0n) is 17.7. The summed E-state index contributed by atoms with van der Waals surface area (Å²) in [5, 5.41) is 2.43. The quantitative estimate of drug-likeness (QED) is 0.480. The third-order valence-corrected chi connectivity index (χ3v) is 4.38. The summed E-state index contributed by atoms with van der Waals surface area (Å²) in [5.41, 5.74) is 4.81. The predicted molar refractivity (Wildman–Crippen MR) is 112 cm³/mol. The van der Waals surface area contributed by atoms with E-state index in [1.165, 1.54) is 44.5 Å². The van der Waals surface area contributed by atoms with Crippen LogP contribution in [0.1, 0.15) is 26.4 Å². The van der Waals surface area contributed by atoms with E-state index in [1.807, 2.05) is 0 Å². The topological polar surface area (TPSA) is 113 Å². The Morgan fingerprint density at radius 3 is 2.38 bits per heavy atom. The van der Waals surface area contributed by atoms with Crippen LogP contribution in [-0.4, -0.2) is 30.3 Å². The van der Waals surface area contributed by atoms with Gasteiger partial charge < -0.3 is 25.3 Å². The van der Waals surface area contributed by atoms with Gasteiger partial charge in [0.1, 0.15) is 28.6 Å². The van der Waals surface area contributed by atoms with E-state index in [2.05, 4.69) is 15.0 Å². The summed E-state index contributed by atoms with van der Waals surface area (Å²) < 4.78 is 66.9. The molecule has 12 heteroatoms. The number of nitrogens with one attached hydrogen (secondary N) is 1. The average Bonchev–Trinajstić information content (AvgIpc) is 2.76. The van der Waals surface area contributed by atoms with Crippen molar-refractivity contribution in [2.45, 2.75) is 13.3 Å². The van der Waals surface area contributed by atoms with Crippen LogP contribution in [-0.2, 0) is 0 Å². The van der Waals surface area contributed by atoms with E-state index in [9.17, 15) is 27.2 Å². The van der Waals surface area contributed by atoms with Crippen molar-refractivity contribution in [2.75, 3.05) is 12.4 Å². The third-order valence-electron chi connectivity index (χ3n) is 4.38. The van der Waals surface area contributed by atoms with Crippen LogP contribution in [0.2, 0.25) is 0 Å². The van der Waals surface area contributed by atoms with Gasteiger partial charge in [-0.05, 0) is 42.8 Å². The van der Waals surface area contributed by atoms with Crippen molar-refractivity contribution >= 4 is 17.5 Å². The number of nitrogens with zero attached hydrogens (tertiary/aromatic N) is 1. The molecule has 0 unspecified atom stereocenters. The Kier molecular flexibility index (Phi) is 6.89. The zero-order chi connectivity index (χ0) is 25.0. The van der Waals surface area contributed by atoms with Gasteiger partial charge in [0, 0.05) is 18.0 Å². The van der Waals surface area contributed by atoms with Gasteiger partial charge >= 0.3 is 6.36 Å². The third kappa shape index (κ3) is 5.71. The van der Waals surface area contributed by atoms with Gasteiger partial charge in [0.15, 0.2) is 11.5 Å². The molecule has 0 bridgehead atoms. The molecule has 34 heavy (non-hydrogen) atoms. The molecular formula is C22H17F4N3O5. The summed E-state index contributed by atoms with van der Waals surface area (Å²) >= 11 is 0. The Labute approximate surface area is 190 Å². The maximum atomic E-state index is 15.0. The molecule has 0 aliphatic carbocycles. The van der Waals surface area contributed by atoms with Crippen molar-refractivity contribution in [3.63, 3.8) is 0 Å². The molecule has 2 amide bonds. The number of amides is 2. The van der Waals surface area contributed by atoms with E-state index in [0.717, 1.165) is 18.2 Å². The number of primary amides is 1. The highest BCUT2D eigenvalue weighted by molar-refractivity contribution is 6.07. The highest BCUT2D eigenvalue weighted by Crippen LogP contribution is 2.38. The van der Waals surface area contributed by atoms with Crippen molar-refractivity contribution in [2.24, 2.45) is 5.73 Å². The fourth-order valence-electron chi connectivity index (χ4n) is 2.84. The number of hydrogen-bond donors (Lipinski definition) is 2. The van der Waals surface area contributed by atoms with Crippen LogP contribution < -0.4 is 25.3 Å². The summed E-state index contributed by atoms with van der Waals surface area (Å²) in [6.07, 6.45) is -3.69. The summed E-state index contributed by atoms with van der Waals surface area (Å²) in [4.78, 5) is 28.0. The minimum atomic E-state index is -4.92. The van der Waals surface area contributed by atoms with Crippen molar-refractivity contribution in [3.8, 4) is 23.0 Å². The van der Waals surface area contributed by atoms with Gasteiger partial charge in [0.05, 0.1) is 7.11 Å². The van der Waals surface area contributed by atoms with Crippen LogP contribution in [0, 0.1) is 12.7 Å². The predicted octanol–water partition coefficient (Wildman–Crippen LogP) is 4.58. The Hall–Kier alpha value is -4.35. The van der Waals surface area contributed by atoms with Gasteiger partial charge in [0.2, 0.25) is 0 Å². The van der Waals surface area contributed by atoms with Crippen LogP contribution >= 0.6 is 0 Å². The summed E-state index contributed by atoms with van der Waals surface area (Å²) in [5.74, 6) is -3.71. The lowest BCUT2D eigenvalue weighted by atomic mass is 10.1. The van der Waals surface area contributed by atoms with Crippen molar-refractivity contribution in [1.82, 2.24) is 4.98 Å². The Bertz CT molecular complexity index is 1250. The van der Waals surface area contributed by atoms with Crippen molar-refractivity contribution in [1.29, 1.82) is 0 Å². The second-order valence-corrected chi connectivity index (χ2v) is 6.78. The number of nitrogens with two attached hydrogens (primary N) is 1. The highest BCUT2D eigenvalue weighted by atomic mass is 19.4. The molecule has 0 fully saturated rings. The molecule has 1 aromatic heterocycles. The SMILES string of the molecule is COc1cc(OC(F)(F)F)ccc1Oc1ccc(C)c(F)c1C(=O)Nc1ccnc(C(N)=O)c1. The number of ether oxygens (including phenoxy) is 3. The zero-order valence-corrected chi connectivity index (χ0v) is 17.7. The first-order valence-electron chi connectivity index (χ1n) is 9.46. The van der Waals surface area contributed by atoms with Crippen molar-refractivity contribution in [3.05, 3.63) is 71.3 Å².